The van der Waals surface area contributed by atoms with Crippen LogP contribution in [0.25, 0.3) is 0 Å². The number of carboxylic acid groups (broad SMARTS) is 1. The second kappa shape index (κ2) is 50.7. The topological polar surface area (TPSA) is 218 Å². The first-order valence-corrected chi connectivity index (χ1v) is 45.3. The van der Waals surface area contributed by atoms with Gasteiger partial charge in [0.05, 0.1) is 55.5 Å². The SMILES string of the molecule is COC(=O)[C@@H](C)Cc1cccc(Br)c1.COC(=O)[C@@H](C)Cc1cccc(S(=O)(=O)Cl)c1.COC(=O)[C@@H](C)Cc1cccc(SCc2ccc(C(C)(C)C)cc2)c1.C[C@@H](Cc1cccc(Br)c1)C(=O)O.Cl.Fc1ccc(OC2(c3ccccc3)CCC2)cc1.Fc1ccc(OC2(c3ccccc3)CNC2)cc1.O=C1CCC1.OC1(c2ccccc2)CCC1. The van der Waals surface area contributed by atoms with Crippen molar-refractivity contribution in [2.45, 2.75) is 170 Å². The van der Waals surface area contributed by atoms with Gasteiger partial charge in [0.15, 0.2) is 5.60 Å². The molecule has 0 aromatic heterocycles. The van der Waals surface area contributed by atoms with Gasteiger partial charge in [-0.15, -0.1) is 24.2 Å². The van der Waals surface area contributed by atoms with Crippen LogP contribution in [0.3, 0.4) is 0 Å². The van der Waals surface area contributed by atoms with E-state index in [1.54, 1.807) is 50.2 Å². The first-order valence-electron chi connectivity index (χ1n) is 40.4. The zero-order valence-corrected chi connectivity index (χ0v) is 77.2. The summed E-state index contributed by atoms with van der Waals surface area (Å²) in [6, 6.07) is 81.9. The number of methoxy groups -OCH3 is 3. The highest BCUT2D eigenvalue weighted by Gasteiger charge is 2.42. The lowest BCUT2D eigenvalue weighted by Crippen LogP contribution is -2.60. The Morgan fingerprint density at radius 2 is 0.861 bits per heavy atom. The molecular weight excluding hydrogens is 1760 g/mol. The summed E-state index contributed by atoms with van der Waals surface area (Å²) >= 11 is 8.56. The molecule has 4 aliphatic rings. The van der Waals surface area contributed by atoms with Crippen LogP contribution in [0, 0.1) is 35.3 Å². The second-order valence-corrected chi connectivity index (χ2v) is 36.9. The number of hydrogen-bond donors (Lipinski definition) is 3. The Morgan fingerprint density at radius 3 is 1.20 bits per heavy atom. The standard InChI is InChI=1S/C22H28O2S.C16H15FO.C15H14FNO.C11H13BrO2.C11H13ClO4S.C10H11BrO2.C10H12O.C4H6O.ClH/c1-16(21(23)24-5)13-18-7-6-8-20(14-18)25-15-17-9-11-19(12-10-17)22(2,3)4;17-14-7-9-15(10-8-14)18-16(11-4-12-16)13-5-2-1-3-6-13;16-13-6-8-14(9-7-13)18-15(10-17-11-15)12-4-2-1-3-5-12;1-8(11(13)14-2)6-9-4-3-5-10(12)7-9;1-8(11(13)16-2)6-9-4-3-5-10(7-9)17(12,14)15;1-7(10(12)13)5-8-3-2-4-9(11)6-8;11-10(7-4-8-10)9-5-2-1-3-6-9;5-4-2-1-3-4;/h6-12,14,16H,13,15H2,1-5H3;1-3,5-10H,4,11-12H2;1-9,17H,10-11H2;3-5,7-8H,6H2,1-2H3;3-5,7-8H,6H2,1-2H3;2-4,6-7H,5H2,1H3,(H,12,13);1-3,5-6,11H,4,7-8H2;1-3H2;1H/t16-;;;2*8-;7-;;;/m0..000.../s1. The number of halogens is 6. The Hall–Kier alpha value is -9.03. The third kappa shape index (κ3) is 34.2. The molecule has 0 bridgehead atoms. The Bertz CT molecular complexity index is 4880. The second-order valence-electron chi connectivity index (χ2n) is 31.5. The molecule has 1 heterocycles. The summed E-state index contributed by atoms with van der Waals surface area (Å²) in [5.41, 5.74) is 9.37. The molecule has 0 spiro atoms. The van der Waals surface area contributed by atoms with Crippen molar-refractivity contribution in [3.63, 3.8) is 0 Å². The van der Waals surface area contributed by atoms with Crippen LogP contribution < -0.4 is 14.8 Å². The van der Waals surface area contributed by atoms with E-state index < -0.39 is 20.6 Å². The Balaban J connectivity index is 0.000000220. The van der Waals surface area contributed by atoms with Crippen LogP contribution in [0.15, 0.2) is 280 Å². The summed E-state index contributed by atoms with van der Waals surface area (Å²) in [5.74, 6) is 0.0814. The summed E-state index contributed by atoms with van der Waals surface area (Å²) in [5, 5.41) is 21.8. The van der Waals surface area contributed by atoms with E-state index in [9.17, 15) is 46.3 Å². The molecule has 10 aromatic rings. The number of carbonyl (C=O) groups excluding carboxylic acids is 4. The lowest BCUT2D eigenvalue weighted by molar-refractivity contribution is -0.145. The Labute approximate surface area is 750 Å². The molecule has 10 aromatic carbocycles. The average Bonchev–Trinajstić information content (AvgIpc) is 0.780. The Kier molecular flexibility index (Phi) is 42.3. The van der Waals surface area contributed by atoms with Crippen LogP contribution in [-0.2, 0) is 101 Å². The predicted octanol–water partition coefficient (Wildman–Crippen LogP) is 23.3. The molecule has 652 valence electrons. The van der Waals surface area contributed by atoms with Crippen LogP contribution in [0.5, 0.6) is 11.5 Å². The number of thioether (sulfide) groups is 1. The largest absolute Gasteiger partial charge is 0.483 e. The smallest absolute Gasteiger partial charge is 0.308 e. The van der Waals surface area contributed by atoms with Crippen molar-refractivity contribution in [3.05, 3.63) is 332 Å². The first-order chi connectivity index (χ1) is 57.6. The van der Waals surface area contributed by atoms with Gasteiger partial charge in [0, 0.05) is 56.2 Å². The summed E-state index contributed by atoms with van der Waals surface area (Å²) in [7, 11) is 5.68. The summed E-state index contributed by atoms with van der Waals surface area (Å²) < 4.78 is 76.3. The number of nitrogens with one attached hydrogen (secondary N) is 1. The van der Waals surface area contributed by atoms with Crippen molar-refractivity contribution in [1.82, 2.24) is 5.32 Å². The van der Waals surface area contributed by atoms with Gasteiger partial charge >= 0.3 is 23.9 Å². The van der Waals surface area contributed by atoms with Crippen LogP contribution in [0.4, 0.5) is 8.78 Å². The molecule has 23 heteroatoms. The fourth-order valence-corrected chi connectivity index (χ4v) is 15.6. The number of aliphatic carboxylic acids is 1. The fraction of sp³-hybridized carbons (Fsp3) is 0.343. The molecular formula is C99H113Br2Cl2F2NO14S2. The molecule has 1 aliphatic heterocycles. The van der Waals surface area contributed by atoms with Gasteiger partial charge in [0.2, 0.25) is 0 Å². The normalized spacial score (nSPS) is 14.9. The van der Waals surface area contributed by atoms with Crippen molar-refractivity contribution < 1.29 is 75.1 Å². The average molecular weight is 1870 g/mol. The zero-order chi connectivity index (χ0) is 88.2. The molecule has 1 saturated heterocycles. The highest BCUT2D eigenvalue weighted by Crippen LogP contribution is 2.45. The van der Waals surface area contributed by atoms with Crippen molar-refractivity contribution in [2.24, 2.45) is 23.7 Å². The van der Waals surface area contributed by atoms with Gasteiger partial charge in [-0.05, 0) is 223 Å². The van der Waals surface area contributed by atoms with Crippen LogP contribution in [-0.4, -0.2) is 82.7 Å². The number of ketones is 1. The third-order valence-corrected chi connectivity index (χ3v) is 24.1. The number of esters is 3. The van der Waals surface area contributed by atoms with Crippen molar-refractivity contribution in [3.8, 4) is 11.5 Å². The minimum absolute atomic E-state index is 0. The molecule has 15 nitrogen and oxygen atoms in total. The number of benzene rings is 10. The highest BCUT2D eigenvalue weighted by molar-refractivity contribution is 9.10. The van der Waals surface area contributed by atoms with Crippen LogP contribution in [0.2, 0.25) is 0 Å². The molecule has 0 radical (unpaired) electrons. The maximum atomic E-state index is 12.9. The van der Waals surface area contributed by atoms with E-state index in [0.717, 1.165) is 113 Å². The molecule has 0 amide bonds. The third-order valence-electron chi connectivity index (χ3n) is 20.7. The van der Waals surface area contributed by atoms with Crippen molar-refractivity contribution in [2.75, 3.05) is 34.4 Å². The van der Waals surface area contributed by atoms with Gasteiger partial charge in [0.25, 0.3) is 9.05 Å². The Morgan fingerprint density at radius 1 is 0.484 bits per heavy atom. The molecule has 0 unspecified atom stereocenters. The number of aliphatic hydroxyl groups is 1. The minimum atomic E-state index is -3.73. The number of rotatable bonds is 23. The molecule has 3 aliphatic carbocycles. The van der Waals surface area contributed by atoms with E-state index in [2.05, 4.69) is 140 Å². The van der Waals surface area contributed by atoms with Crippen LogP contribution in [0.1, 0.15) is 156 Å². The van der Waals surface area contributed by atoms with E-state index >= 15 is 0 Å². The molecule has 4 atom stereocenters. The van der Waals surface area contributed by atoms with Crippen molar-refractivity contribution in [1.29, 1.82) is 0 Å². The van der Waals surface area contributed by atoms with Crippen molar-refractivity contribution >= 4 is 105 Å². The molecule has 14 rings (SSSR count). The molecule has 3 saturated carbocycles. The quantitative estimate of drug-likeness (QED) is 0.0235. The number of carboxylic acids is 1. The van der Waals surface area contributed by atoms with E-state index in [0.29, 0.717) is 37.2 Å². The minimum Gasteiger partial charge on any atom is -0.483 e. The lowest BCUT2D eigenvalue weighted by atomic mass is 9.75. The summed E-state index contributed by atoms with van der Waals surface area (Å²) in [6.07, 6.45) is 11.5. The van der Waals surface area contributed by atoms with E-state index in [1.165, 1.54) is 91.3 Å². The van der Waals surface area contributed by atoms with E-state index in [-0.39, 0.29) is 87.1 Å². The highest BCUT2D eigenvalue weighted by atomic mass is 79.9. The van der Waals surface area contributed by atoms with E-state index in [1.807, 2.05) is 141 Å². The van der Waals surface area contributed by atoms with Gasteiger partial charge in [-0.1, -0.05) is 244 Å². The number of Topliss-reactive ketones (excluding diaryl/α,β-unsaturated/α-hetero) is 1. The predicted molar refractivity (Wildman–Crippen MR) is 491 cm³/mol. The van der Waals surface area contributed by atoms with E-state index in [4.69, 9.17) is 30.0 Å². The molecule has 4 fully saturated rings. The van der Waals surface area contributed by atoms with Crippen LogP contribution >= 0.6 is 66.7 Å². The monoisotopic (exact) mass is 1870 g/mol. The van der Waals surface area contributed by atoms with Gasteiger partial charge in [-0.3, -0.25) is 24.0 Å². The number of ether oxygens (including phenoxy) is 5. The first kappa shape index (κ1) is 102. The molecule has 3 N–H and O–H groups in total. The number of hydrogen-bond acceptors (Lipinski definition) is 15. The number of carbonyl (C=O) groups is 5. The van der Waals surface area contributed by atoms with Gasteiger partial charge in [-0.2, -0.15) is 0 Å². The molecule has 122 heavy (non-hydrogen) atoms. The zero-order valence-electron chi connectivity index (χ0n) is 70.9. The lowest BCUT2D eigenvalue weighted by Gasteiger charge is -2.43. The summed E-state index contributed by atoms with van der Waals surface area (Å²) in [6.45, 7) is 15.4. The fourth-order valence-electron chi connectivity index (χ4n) is 13.0. The maximum Gasteiger partial charge on any atom is 0.308 e. The maximum absolute atomic E-state index is 12.9. The van der Waals surface area contributed by atoms with Gasteiger partial charge in [0.1, 0.15) is 34.5 Å². The summed E-state index contributed by atoms with van der Waals surface area (Å²) in [4.78, 5) is 55.7. The van der Waals surface area contributed by atoms with Gasteiger partial charge in [-0.25, -0.2) is 17.2 Å². The van der Waals surface area contributed by atoms with Gasteiger partial charge < -0.3 is 39.2 Å².